The molecule has 0 rings (SSSR count). The van der Waals surface area contributed by atoms with E-state index in [-0.39, 0.29) is 440 Å². The molecule has 52 heteroatoms. The molecule has 0 unspecified atom stereocenters. The maximum atomic E-state index is 7.30. The van der Waals surface area contributed by atoms with Crippen LogP contribution in [0.15, 0.2) is 0 Å². The summed E-state index contributed by atoms with van der Waals surface area (Å²) in [7, 11) is -4.39. The molecule has 0 aliphatic rings. The molecule has 74 N–H and O–H groups in total. The van der Waals surface area contributed by atoms with Crippen molar-refractivity contribution in [1.82, 2.24) is 0 Å². The van der Waals surface area contributed by atoms with E-state index in [0.717, 1.165) is 0 Å². The summed E-state index contributed by atoms with van der Waals surface area (Å²) in [4.78, 5) is 29.2. The zero-order chi connectivity index (χ0) is 4.50. The molecule has 0 bridgehead atoms. The van der Waals surface area contributed by atoms with Gasteiger partial charge in [-0.25, -0.2) is 0 Å². The third kappa shape index (κ3) is 3690. The van der Waals surface area contributed by atoms with Gasteiger partial charge in [0.1, 0.15) is 0 Å². The van der Waals surface area contributed by atoms with Crippen molar-refractivity contribution in [3.05, 3.63) is 0 Å². The van der Waals surface area contributed by atoms with Crippen LogP contribution in [0.4, 0.5) is 0 Å². The quantitative estimate of drug-likeness (QED) is 0.172. The second-order valence-electron chi connectivity index (χ2n) is 0.537. The smallest absolute Gasteiger partial charge is 0.412 e. The Kier molecular flexibility index (Phi) is 35600. The molecule has 0 amide bonds. The van der Waals surface area contributed by atoms with Gasteiger partial charge < -0.3 is 192 Å². The fourth-order valence-corrected chi connectivity index (χ4v) is 0. The van der Waals surface area contributed by atoms with Gasteiger partial charge in [0.15, 0.2) is 0 Å². The van der Waals surface area contributed by atoms with E-state index in [1.807, 2.05) is 0 Å². The summed E-state index contributed by atoms with van der Waals surface area (Å²) in [5.41, 5.74) is 0. The Morgan fingerprint density at radius 3 is 0.135 bits per heavy atom. The number of rotatable bonds is 0. The van der Waals surface area contributed by atoms with E-state index >= 15 is 0 Å². The van der Waals surface area contributed by atoms with E-state index in [4.69, 9.17) is 19.6 Å². The number of hydrogen-bond donors (Lipinski definition) is 4. The molecule has 1 radical (unpaired) electrons. The molecule has 39 nitrogen and oxygen atoms in total. The minimum atomic E-state index is -4.39. The second kappa shape index (κ2) is 1120. The van der Waals surface area contributed by atoms with Crippen LogP contribution in [0.2, 0.25) is 0 Å². The van der Waals surface area contributed by atoms with Gasteiger partial charge in [0.2, 0.25) is 0 Å². The molecule has 52 heavy (non-hydrogen) atoms. The average molecular weight is 2810 g/mol. The fourth-order valence-electron chi connectivity index (χ4n) is 0. The Morgan fingerprint density at radius 1 is 0.135 bits per heavy atom. The van der Waals surface area contributed by atoms with Gasteiger partial charge in [0, 0.05) is 248 Å². The molecule has 0 aliphatic heterocycles. The monoisotopic (exact) mass is 2810 g/mol. The Labute approximate surface area is 461 Å². The van der Waals surface area contributed by atoms with Crippen LogP contribution >= 0.6 is 8.17 Å². The predicted molar refractivity (Wildman–Crippen MR) is 142 cm³/mol. The van der Waals surface area contributed by atoms with Crippen molar-refractivity contribution >= 4 is 8.17 Å². The predicted octanol–water partition coefficient (Wildman–Crippen LogP) is -30.3. The molecule has 0 saturated heterocycles. The van der Waals surface area contributed by atoms with Gasteiger partial charge in [-0.3, -0.25) is 0 Å². The van der Waals surface area contributed by atoms with Crippen molar-refractivity contribution in [2.24, 2.45) is 0 Å². The third-order valence-electron chi connectivity index (χ3n) is 0. The van der Waals surface area contributed by atoms with Crippen LogP contribution in [0.25, 0.3) is 0 Å². The van der Waals surface area contributed by atoms with Crippen LogP contribution in [-0.2, 0) is 248 Å². The van der Waals surface area contributed by atoms with Gasteiger partial charge in [0.25, 0.3) is 0 Å². The fraction of sp³-hybridized carbons (Fsp3) is 0. The van der Waals surface area contributed by atoms with E-state index in [9.17, 15) is 0 Å². The second-order valence-corrected chi connectivity index (χ2v) is 1.61. The Morgan fingerprint density at radius 2 is 0.135 bits per heavy atom. The largest absolute Gasteiger partial charge is 0.564 e. The molecule has 0 spiro atoms. The zero-order valence-electron chi connectivity index (χ0n) is 24.6. The minimum absolute atomic E-state index is 0. The first-order chi connectivity index (χ1) is 2.00. The van der Waals surface area contributed by atoms with Crippen LogP contribution in [0, 0.1) is 0 Å². The van der Waals surface area contributed by atoms with Gasteiger partial charge in [-0.15, -0.1) is 0 Å². The van der Waals surface area contributed by atoms with E-state index in [2.05, 4.69) is 0 Å². The standard InChI is InChI=1S/Co.H4O4P.35H2O.11W/c;1-5(2,3)4;;;;;;;;;;;;;;;;;;;;;;;;;;;;;;;;;;;;;;;;;;;;;;/h;1-4H;35*1H2;;;;;;;;;;;/q;+1;;;;;;;;;;;;;;;;;;;;;;;;;;;;;;;;;;;;;;;;;;;;;;. The molecule has 0 saturated carbocycles. The molecule has 0 aliphatic carbocycles. The van der Waals surface area contributed by atoms with E-state index in [1.54, 1.807) is 0 Å². The van der Waals surface area contributed by atoms with Crippen molar-refractivity contribution in [3.8, 4) is 0 Å². The maximum absolute atomic E-state index is 7.30. The van der Waals surface area contributed by atoms with Crippen molar-refractivity contribution in [1.29, 1.82) is 0 Å². The first kappa shape index (κ1) is 1650. The third-order valence-corrected chi connectivity index (χ3v) is 0. The van der Waals surface area contributed by atoms with Crippen molar-refractivity contribution in [3.63, 3.8) is 0 Å². The number of hydrogen-bond acceptors (Lipinski definition) is 4. The van der Waals surface area contributed by atoms with E-state index in [0.29, 0.717) is 0 Å². The van der Waals surface area contributed by atoms with Crippen LogP contribution < -0.4 is 0 Å². The van der Waals surface area contributed by atoms with E-state index < -0.39 is 8.17 Å². The SMILES string of the molecule is O.O.O.O.O.O.O.O.O.O.O.O.O.O.O.O.O.O.O.O.O.O.O.O.O.O.O.O.O.O.O.O.O.O.O.O[P+](O)(O)O.[Co].[W].[W].[W].[W].[W].[W].[W].[W].[W].[W].[W]. The Hall–Kier alpha value is 6.95. The van der Waals surface area contributed by atoms with Gasteiger partial charge in [0.05, 0.1) is 0 Å². The van der Waals surface area contributed by atoms with Crippen molar-refractivity contribution < 1.29 is 460 Å². The summed E-state index contributed by atoms with van der Waals surface area (Å²) >= 11 is 0. The minimum Gasteiger partial charge on any atom is -0.412 e. The molecule has 0 fully saturated rings. The Bertz CT molecular complexity index is 67.7. The molecule has 0 aromatic rings. The summed E-state index contributed by atoms with van der Waals surface area (Å²) in [5, 5.41) is 0. The van der Waals surface area contributed by atoms with Crippen molar-refractivity contribution in [2.45, 2.75) is 0 Å². The first-order valence-electron chi connectivity index (χ1n) is 0.800. The Balaban J connectivity index is -0.0000000000740. The summed E-state index contributed by atoms with van der Waals surface area (Å²) in [6.07, 6.45) is 0. The molecule has 0 aromatic heterocycles. The van der Waals surface area contributed by atoms with Gasteiger partial charge in [-0.2, -0.15) is 19.6 Å². The first-order valence-corrected chi connectivity index (χ1v) is 2.40. The normalized spacial score (nSPS) is 1.15. The van der Waals surface area contributed by atoms with E-state index in [1.165, 1.54) is 0 Å². The van der Waals surface area contributed by atoms with Crippen LogP contribution in [0.3, 0.4) is 0 Å². The molecule has 0 heterocycles. The average Bonchev–Trinajstić information content (AvgIpc) is 0.722. The summed E-state index contributed by atoms with van der Waals surface area (Å²) in [6, 6.07) is 0. The van der Waals surface area contributed by atoms with Crippen molar-refractivity contribution in [2.75, 3.05) is 0 Å². The molecular formula is H74CoO39PW11+. The summed E-state index contributed by atoms with van der Waals surface area (Å²) in [5.74, 6) is 0. The van der Waals surface area contributed by atoms with Gasteiger partial charge >= 0.3 is 8.17 Å². The van der Waals surface area contributed by atoms with Gasteiger partial charge in [-0.1, -0.05) is 0 Å². The molecule has 387 valence electrons. The molecule has 0 atom stereocenters. The molecule has 0 aromatic carbocycles. The zero-order valence-corrected chi connectivity index (χ0v) is 58.8. The van der Waals surface area contributed by atoms with Crippen LogP contribution in [0.1, 0.15) is 0 Å². The van der Waals surface area contributed by atoms with Gasteiger partial charge in [-0.05, 0) is 0 Å². The summed E-state index contributed by atoms with van der Waals surface area (Å²) in [6.45, 7) is 0. The summed E-state index contributed by atoms with van der Waals surface area (Å²) < 4.78 is 0. The topological polar surface area (TPSA) is 1180 Å². The molecular weight excluding hydrogens is 2740 g/mol. The maximum Gasteiger partial charge on any atom is 0.564 e. The van der Waals surface area contributed by atoms with Crippen LogP contribution in [-0.4, -0.2) is 211 Å². The van der Waals surface area contributed by atoms with Crippen LogP contribution in [0.5, 0.6) is 0 Å².